The minimum Gasteiger partial charge on any atom is -0.456 e. The molecule has 55 heavy (non-hydrogen) atoms. The average molecular weight is 702 g/mol. The Morgan fingerprint density at radius 1 is 0.291 bits per heavy atom. The Hall–Kier alpha value is -7.43. The third-order valence-electron chi connectivity index (χ3n) is 10.7. The summed E-state index contributed by atoms with van der Waals surface area (Å²) in [5.41, 5.74) is 9.01. The van der Waals surface area contributed by atoms with Gasteiger partial charge in [0.25, 0.3) is 0 Å². The highest BCUT2D eigenvalue weighted by Gasteiger charge is 2.20. The van der Waals surface area contributed by atoms with Gasteiger partial charge in [-0.1, -0.05) is 164 Å². The Morgan fingerprint density at radius 2 is 0.855 bits per heavy atom. The Kier molecular flexibility index (Phi) is 7.14. The van der Waals surface area contributed by atoms with Gasteiger partial charge in [-0.25, -0.2) is 15.0 Å². The predicted molar refractivity (Wildman–Crippen MR) is 227 cm³/mol. The van der Waals surface area contributed by atoms with Crippen LogP contribution in [0.5, 0.6) is 0 Å². The van der Waals surface area contributed by atoms with Crippen LogP contribution in [0, 0.1) is 0 Å². The molecule has 0 amide bonds. The van der Waals surface area contributed by atoms with E-state index in [0.29, 0.717) is 17.5 Å². The molecule has 2 heterocycles. The molecular weight excluding hydrogens is 671 g/mol. The largest absolute Gasteiger partial charge is 0.456 e. The summed E-state index contributed by atoms with van der Waals surface area (Å²) < 4.78 is 6.58. The van der Waals surface area contributed by atoms with E-state index in [1.165, 1.54) is 32.7 Å². The van der Waals surface area contributed by atoms with E-state index in [1.54, 1.807) is 0 Å². The molecule has 0 N–H and O–H groups in total. The van der Waals surface area contributed by atoms with E-state index in [0.717, 1.165) is 60.5 Å². The van der Waals surface area contributed by atoms with Crippen molar-refractivity contribution in [2.45, 2.75) is 0 Å². The van der Waals surface area contributed by atoms with Crippen LogP contribution in [0.3, 0.4) is 0 Å². The van der Waals surface area contributed by atoms with Crippen LogP contribution < -0.4 is 0 Å². The topological polar surface area (TPSA) is 51.8 Å². The lowest BCUT2D eigenvalue weighted by molar-refractivity contribution is 0.669. The average Bonchev–Trinajstić information content (AvgIpc) is 3.65. The maximum atomic E-state index is 6.58. The van der Waals surface area contributed by atoms with Crippen LogP contribution in [-0.4, -0.2) is 15.0 Å². The number of aromatic nitrogens is 3. The van der Waals surface area contributed by atoms with Gasteiger partial charge in [0.2, 0.25) is 0 Å². The molecule has 2 aromatic heterocycles. The van der Waals surface area contributed by atoms with Crippen molar-refractivity contribution < 1.29 is 4.42 Å². The first-order chi connectivity index (χ1) is 27.2. The minimum absolute atomic E-state index is 0.597. The molecule has 11 rings (SSSR count). The number of hydrogen-bond donors (Lipinski definition) is 0. The molecule has 256 valence electrons. The number of furan rings is 1. The second-order valence-corrected chi connectivity index (χ2v) is 14.0. The molecule has 0 spiro atoms. The maximum absolute atomic E-state index is 6.58. The van der Waals surface area contributed by atoms with Crippen LogP contribution in [0.1, 0.15) is 0 Å². The van der Waals surface area contributed by atoms with Crippen molar-refractivity contribution in [2.24, 2.45) is 0 Å². The lowest BCUT2D eigenvalue weighted by Crippen LogP contribution is -2.01. The zero-order chi connectivity index (χ0) is 36.3. The third kappa shape index (κ3) is 5.26. The Balaban J connectivity index is 1.10. The highest BCUT2D eigenvalue weighted by molar-refractivity contribution is 6.21. The van der Waals surface area contributed by atoms with Gasteiger partial charge in [0, 0.05) is 27.5 Å². The van der Waals surface area contributed by atoms with Crippen molar-refractivity contribution in [2.75, 3.05) is 0 Å². The van der Waals surface area contributed by atoms with Crippen molar-refractivity contribution >= 4 is 54.3 Å². The van der Waals surface area contributed by atoms with Gasteiger partial charge in [0.15, 0.2) is 17.5 Å². The fourth-order valence-electron chi connectivity index (χ4n) is 8.06. The second-order valence-electron chi connectivity index (χ2n) is 14.0. The van der Waals surface area contributed by atoms with Crippen LogP contribution >= 0.6 is 0 Å². The fraction of sp³-hybridized carbons (Fsp3) is 0. The van der Waals surface area contributed by atoms with Gasteiger partial charge in [-0.3, -0.25) is 0 Å². The zero-order valence-corrected chi connectivity index (χ0v) is 29.6. The fourth-order valence-corrected chi connectivity index (χ4v) is 8.06. The van der Waals surface area contributed by atoms with Gasteiger partial charge < -0.3 is 4.42 Å². The summed E-state index contributed by atoms with van der Waals surface area (Å²) >= 11 is 0. The summed E-state index contributed by atoms with van der Waals surface area (Å²) in [5.74, 6) is 1.84. The summed E-state index contributed by atoms with van der Waals surface area (Å²) in [7, 11) is 0. The van der Waals surface area contributed by atoms with E-state index < -0.39 is 0 Å². The Labute approximate surface area is 317 Å². The van der Waals surface area contributed by atoms with Crippen LogP contribution in [-0.2, 0) is 0 Å². The SMILES string of the molecule is c1ccc(-c2ccc(-c3ccc4c(c3)oc3cccc(-c5nc(-c6ccccc6)nc(-c6cc7c8ccccc8ccc7c7ccccc67)n5)c34)cc2)cc1. The van der Waals surface area contributed by atoms with Crippen molar-refractivity contribution in [3.8, 4) is 56.4 Å². The van der Waals surface area contributed by atoms with Crippen molar-refractivity contribution in [1.82, 2.24) is 15.0 Å². The molecular formula is C51H31N3O. The highest BCUT2D eigenvalue weighted by Crippen LogP contribution is 2.41. The number of fused-ring (bicyclic) bond motifs is 8. The normalized spacial score (nSPS) is 11.6. The molecule has 0 aliphatic heterocycles. The molecule has 11 aromatic rings. The molecule has 0 saturated heterocycles. The van der Waals surface area contributed by atoms with E-state index in [-0.39, 0.29) is 0 Å². The van der Waals surface area contributed by atoms with Crippen LogP contribution in [0.15, 0.2) is 192 Å². The third-order valence-corrected chi connectivity index (χ3v) is 10.7. The maximum Gasteiger partial charge on any atom is 0.164 e. The molecule has 0 saturated carbocycles. The van der Waals surface area contributed by atoms with E-state index in [9.17, 15) is 0 Å². The summed E-state index contributed by atoms with van der Waals surface area (Å²) in [6, 6.07) is 65.7. The molecule has 4 nitrogen and oxygen atoms in total. The summed E-state index contributed by atoms with van der Waals surface area (Å²) in [4.78, 5) is 15.7. The number of benzene rings is 9. The van der Waals surface area contributed by atoms with Gasteiger partial charge in [-0.15, -0.1) is 0 Å². The van der Waals surface area contributed by atoms with Crippen LogP contribution in [0.4, 0.5) is 0 Å². The second kappa shape index (κ2) is 12.6. The predicted octanol–water partition coefficient (Wildman–Crippen LogP) is 13.6. The lowest BCUT2D eigenvalue weighted by Gasteiger charge is -2.14. The van der Waals surface area contributed by atoms with Crippen LogP contribution in [0.2, 0.25) is 0 Å². The summed E-state index contributed by atoms with van der Waals surface area (Å²) in [6.45, 7) is 0. The summed E-state index contributed by atoms with van der Waals surface area (Å²) in [5, 5.41) is 9.03. The molecule has 9 aromatic carbocycles. The lowest BCUT2D eigenvalue weighted by atomic mass is 9.93. The van der Waals surface area contributed by atoms with E-state index in [1.807, 2.05) is 36.4 Å². The smallest absolute Gasteiger partial charge is 0.164 e. The first-order valence-electron chi connectivity index (χ1n) is 18.5. The number of nitrogens with zero attached hydrogens (tertiary/aromatic N) is 3. The van der Waals surface area contributed by atoms with Crippen molar-refractivity contribution in [3.05, 3.63) is 188 Å². The monoisotopic (exact) mass is 701 g/mol. The van der Waals surface area contributed by atoms with E-state index >= 15 is 0 Å². The van der Waals surface area contributed by atoms with Gasteiger partial charge in [0.05, 0.1) is 0 Å². The highest BCUT2D eigenvalue weighted by atomic mass is 16.3. The van der Waals surface area contributed by atoms with E-state index in [4.69, 9.17) is 19.4 Å². The first-order valence-corrected chi connectivity index (χ1v) is 18.5. The zero-order valence-electron chi connectivity index (χ0n) is 29.6. The Morgan fingerprint density at radius 3 is 1.64 bits per heavy atom. The molecule has 0 atom stereocenters. The molecule has 0 bridgehead atoms. The van der Waals surface area contributed by atoms with Crippen LogP contribution in [0.25, 0.3) is 111 Å². The molecule has 0 aliphatic rings. The Bertz CT molecular complexity index is 3240. The van der Waals surface area contributed by atoms with Gasteiger partial charge in [-0.2, -0.15) is 0 Å². The standard InChI is InChI=1S/C51H31N3O/c1-3-12-32(13-4-1)33-22-24-34(25-23-33)37-27-29-42-47(30-37)55-46-21-11-20-43(48(42)46)50-52-49(36-15-5-2-6-16-36)53-51(54-50)45-31-44-38-17-8-7-14-35(38)26-28-41(44)39-18-9-10-19-40(39)45/h1-31H. The number of rotatable bonds is 5. The van der Waals surface area contributed by atoms with Crippen molar-refractivity contribution in [1.29, 1.82) is 0 Å². The van der Waals surface area contributed by atoms with E-state index in [2.05, 4.69) is 152 Å². The summed E-state index contributed by atoms with van der Waals surface area (Å²) in [6.07, 6.45) is 0. The van der Waals surface area contributed by atoms with Gasteiger partial charge in [0.1, 0.15) is 11.2 Å². The quantitative estimate of drug-likeness (QED) is 0.168. The molecule has 0 unspecified atom stereocenters. The van der Waals surface area contributed by atoms with Crippen molar-refractivity contribution in [3.63, 3.8) is 0 Å². The molecule has 0 radical (unpaired) electrons. The molecule has 4 heteroatoms. The molecule has 0 aliphatic carbocycles. The molecule has 0 fully saturated rings. The number of hydrogen-bond acceptors (Lipinski definition) is 4. The van der Waals surface area contributed by atoms with Gasteiger partial charge >= 0.3 is 0 Å². The van der Waals surface area contributed by atoms with Gasteiger partial charge in [-0.05, 0) is 78.8 Å². The first kappa shape index (κ1) is 31.1. The minimum atomic E-state index is 0.597.